The summed E-state index contributed by atoms with van der Waals surface area (Å²) in [5.41, 5.74) is 1.71. The number of imidazole rings is 1. The number of carbonyl (C=O) groups is 1. The maximum atomic E-state index is 14.5. The van der Waals surface area contributed by atoms with Crippen LogP contribution in [-0.4, -0.2) is 31.8 Å². The summed E-state index contributed by atoms with van der Waals surface area (Å²) in [6.07, 6.45) is 0. The average Bonchev–Trinajstić information content (AvgIpc) is 3.20. The highest BCUT2D eigenvalue weighted by molar-refractivity contribution is 6.03. The van der Waals surface area contributed by atoms with E-state index in [1.807, 2.05) is 4.57 Å². The smallest absolute Gasteiger partial charge is 0.279 e. The molecule has 1 amide bonds. The van der Waals surface area contributed by atoms with E-state index in [4.69, 9.17) is 4.74 Å². The zero-order chi connectivity index (χ0) is 20.9. The van der Waals surface area contributed by atoms with Gasteiger partial charge in [0.1, 0.15) is 17.9 Å². The number of nitrogens with zero attached hydrogens (tertiary/aromatic N) is 5. The van der Waals surface area contributed by atoms with Gasteiger partial charge in [-0.2, -0.15) is 10.4 Å². The van der Waals surface area contributed by atoms with Crippen molar-refractivity contribution in [2.24, 2.45) is 5.92 Å². The van der Waals surface area contributed by atoms with E-state index in [2.05, 4.69) is 35.3 Å². The lowest BCUT2D eigenvalue weighted by atomic mass is 10.0. The largest absolute Gasteiger partial charge is 0.489 e. The number of nitriles is 1. The Kier molecular flexibility index (Phi) is 4.49. The van der Waals surface area contributed by atoms with Gasteiger partial charge >= 0.3 is 0 Å². The van der Waals surface area contributed by atoms with Crippen molar-refractivity contribution >= 4 is 22.9 Å². The number of ether oxygens (including phenoxy) is 1. The number of amides is 1. The second kappa shape index (κ2) is 6.88. The molecule has 9 heteroatoms. The second-order valence-corrected chi connectivity index (χ2v) is 7.40. The van der Waals surface area contributed by atoms with Crippen molar-refractivity contribution in [2.75, 3.05) is 11.9 Å². The van der Waals surface area contributed by atoms with E-state index in [1.165, 1.54) is 11.6 Å². The number of benzene rings is 1. The summed E-state index contributed by atoms with van der Waals surface area (Å²) in [6.45, 7) is 8.16. The SMILES string of the molecule is CCn1nc(C)c(F)c1C(=O)Nc1nc2cc(C#N)cc3c2n1[C@@H](C(C)C)CO3. The molecule has 1 aliphatic rings. The number of hydrogen-bond acceptors (Lipinski definition) is 5. The molecular formula is C20H21FN6O2. The lowest BCUT2D eigenvalue weighted by molar-refractivity contribution is 0.101. The van der Waals surface area contributed by atoms with E-state index in [9.17, 15) is 14.4 Å². The Labute approximate surface area is 166 Å². The Morgan fingerprint density at radius 3 is 2.90 bits per heavy atom. The van der Waals surface area contributed by atoms with E-state index in [1.54, 1.807) is 19.1 Å². The maximum Gasteiger partial charge on any atom is 0.279 e. The molecule has 1 aliphatic heterocycles. The van der Waals surface area contributed by atoms with Gasteiger partial charge in [0.15, 0.2) is 11.5 Å². The standard InChI is InChI=1S/C20H21FN6O2/c1-5-26-18(16(21)11(4)25-26)19(28)24-20-23-13-6-12(8-22)7-15-17(13)27(20)14(9-29-15)10(2)3/h6-7,10,14H,5,9H2,1-4H3,(H,23,24,28)/t14-/m1/s1. The van der Waals surface area contributed by atoms with E-state index in [0.717, 1.165) is 0 Å². The molecule has 150 valence electrons. The molecule has 0 bridgehead atoms. The minimum absolute atomic E-state index is 0.0709. The van der Waals surface area contributed by atoms with Crippen LogP contribution in [-0.2, 0) is 6.54 Å². The third-order valence-electron chi connectivity index (χ3n) is 5.18. The Morgan fingerprint density at radius 1 is 1.48 bits per heavy atom. The molecule has 1 N–H and O–H groups in total. The van der Waals surface area contributed by atoms with Crippen LogP contribution in [0.4, 0.5) is 10.3 Å². The predicted molar refractivity (Wildman–Crippen MR) is 104 cm³/mol. The van der Waals surface area contributed by atoms with Gasteiger partial charge < -0.3 is 4.74 Å². The zero-order valence-corrected chi connectivity index (χ0v) is 16.7. The third-order valence-corrected chi connectivity index (χ3v) is 5.18. The van der Waals surface area contributed by atoms with Crippen LogP contribution in [0.1, 0.15) is 48.6 Å². The Bertz CT molecular complexity index is 1170. The first kappa shape index (κ1) is 18.9. The predicted octanol–water partition coefficient (Wildman–Crippen LogP) is 3.41. The van der Waals surface area contributed by atoms with Crippen LogP contribution in [0.15, 0.2) is 12.1 Å². The van der Waals surface area contributed by atoms with Gasteiger partial charge in [-0.05, 0) is 25.8 Å². The molecule has 0 spiro atoms. The number of anilines is 1. The maximum absolute atomic E-state index is 14.5. The fraction of sp³-hybridized carbons (Fsp3) is 0.400. The summed E-state index contributed by atoms with van der Waals surface area (Å²) in [5, 5.41) is 16.1. The molecule has 1 aromatic carbocycles. The number of carbonyl (C=O) groups excluding carboxylic acids is 1. The van der Waals surface area contributed by atoms with Gasteiger partial charge in [0.05, 0.1) is 28.9 Å². The van der Waals surface area contributed by atoms with Crippen LogP contribution in [0.25, 0.3) is 11.0 Å². The molecule has 0 aliphatic carbocycles. The minimum atomic E-state index is -0.643. The molecule has 3 aromatic rings. The molecule has 29 heavy (non-hydrogen) atoms. The molecule has 1 atom stereocenters. The number of rotatable bonds is 4. The molecule has 8 nitrogen and oxygen atoms in total. The van der Waals surface area contributed by atoms with Crippen LogP contribution < -0.4 is 10.1 Å². The van der Waals surface area contributed by atoms with Crippen molar-refractivity contribution in [1.29, 1.82) is 5.26 Å². The third kappa shape index (κ3) is 2.92. The number of hydrogen-bond donors (Lipinski definition) is 1. The van der Waals surface area contributed by atoms with E-state index < -0.39 is 11.7 Å². The van der Waals surface area contributed by atoms with E-state index >= 15 is 0 Å². The lowest BCUT2D eigenvalue weighted by Gasteiger charge is -2.29. The molecule has 0 fully saturated rings. The first-order valence-electron chi connectivity index (χ1n) is 9.48. The fourth-order valence-electron chi connectivity index (χ4n) is 3.69. The highest BCUT2D eigenvalue weighted by Crippen LogP contribution is 2.39. The van der Waals surface area contributed by atoms with Crippen molar-refractivity contribution in [3.05, 3.63) is 34.9 Å². The van der Waals surface area contributed by atoms with Crippen LogP contribution >= 0.6 is 0 Å². The van der Waals surface area contributed by atoms with Crippen molar-refractivity contribution in [1.82, 2.24) is 19.3 Å². The van der Waals surface area contributed by atoms with Crippen LogP contribution in [0.5, 0.6) is 5.75 Å². The number of aromatic nitrogens is 4. The normalized spacial score (nSPS) is 15.4. The molecule has 3 heterocycles. The topological polar surface area (TPSA) is 97.8 Å². The lowest BCUT2D eigenvalue weighted by Crippen LogP contribution is -2.29. The van der Waals surface area contributed by atoms with Crippen LogP contribution in [0.2, 0.25) is 0 Å². The first-order valence-corrected chi connectivity index (χ1v) is 9.48. The summed E-state index contributed by atoms with van der Waals surface area (Å²) < 4.78 is 23.6. The quantitative estimate of drug-likeness (QED) is 0.729. The van der Waals surface area contributed by atoms with Gasteiger partial charge in [-0.3, -0.25) is 19.4 Å². The first-order chi connectivity index (χ1) is 13.8. The number of nitrogens with one attached hydrogen (secondary N) is 1. The molecular weight excluding hydrogens is 375 g/mol. The highest BCUT2D eigenvalue weighted by atomic mass is 19.1. The highest BCUT2D eigenvalue weighted by Gasteiger charge is 2.31. The number of halogens is 1. The second-order valence-electron chi connectivity index (χ2n) is 7.40. The average molecular weight is 396 g/mol. The molecule has 0 saturated heterocycles. The molecule has 0 radical (unpaired) electrons. The Hall–Kier alpha value is -3.41. The van der Waals surface area contributed by atoms with Gasteiger partial charge in [0.2, 0.25) is 5.95 Å². The molecule has 4 rings (SSSR count). The Morgan fingerprint density at radius 2 is 2.24 bits per heavy atom. The van der Waals surface area contributed by atoms with Gasteiger partial charge in [-0.25, -0.2) is 9.37 Å². The molecule has 0 saturated carbocycles. The van der Waals surface area contributed by atoms with Crippen LogP contribution in [0.3, 0.4) is 0 Å². The number of aryl methyl sites for hydroxylation is 2. The van der Waals surface area contributed by atoms with Crippen molar-refractivity contribution < 1.29 is 13.9 Å². The summed E-state index contributed by atoms with van der Waals surface area (Å²) in [7, 11) is 0. The van der Waals surface area contributed by atoms with E-state index in [0.29, 0.717) is 41.4 Å². The van der Waals surface area contributed by atoms with Crippen molar-refractivity contribution in [3.63, 3.8) is 0 Å². The minimum Gasteiger partial charge on any atom is -0.489 e. The van der Waals surface area contributed by atoms with E-state index in [-0.39, 0.29) is 23.3 Å². The molecule has 0 unspecified atom stereocenters. The van der Waals surface area contributed by atoms with Gasteiger partial charge in [0.25, 0.3) is 5.91 Å². The zero-order valence-electron chi connectivity index (χ0n) is 16.7. The summed E-state index contributed by atoms with van der Waals surface area (Å²) in [4.78, 5) is 17.5. The van der Waals surface area contributed by atoms with Gasteiger partial charge in [-0.1, -0.05) is 13.8 Å². The van der Waals surface area contributed by atoms with Crippen molar-refractivity contribution in [2.45, 2.75) is 40.3 Å². The monoisotopic (exact) mass is 396 g/mol. The van der Waals surface area contributed by atoms with Gasteiger partial charge in [-0.15, -0.1) is 0 Å². The Balaban J connectivity index is 1.85. The van der Waals surface area contributed by atoms with Gasteiger partial charge in [0, 0.05) is 12.6 Å². The van der Waals surface area contributed by atoms with Crippen LogP contribution in [0, 0.1) is 30.0 Å². The summed E-state index contributed by atoms with van der Waals surface area (Å²) >= 11 is 0. The molecule has 2 aromatic heterocycles. The summed E-state index contributed by atoms with van der Waals surface area (Å²) in [5.74, 6) is -0.219. The summed E-state index contributed by atoms with van der Waals surface area (Å²) in [6, 6.07) is 5.34. The van der Waals surface area contributed by atoms with Crippen molar-refractivity contribution in [3.8, 4) is 11.8 Å². The fourth-order valence-corrected chi connectivity index (χ4v) is 3.69.